The van der Waals surface area contributed by atoms with Crippen LogP contribution in [0.2, 0.25) is 0 Å². The molecule has 140 valence electrons. The number of benzene rings is 2. The lowest BCUT2D eigenvalue weighted by Gasteiger charge is -2.12. The lowest BCUT2D eigenvalue weighted by Crippen LogP contribution is -2.14. The van der Waals surface area contributed by atoms with E-state index in [1.807, 2.05) is 54.6 Å². The Morgan fingerprint density at radius 3 is 2.71 bits per heavy atom. The molecule has 0 fully saturated rings. The summed E-state index contributed by atoms with van der Waals surface area (Å²) in [6, 6.07) is 17.3. The molecule has 1 aliphatic heterocycles. The number of rotatable bonds is 5. The fourth-order valence-corrected chi connectivity index (χ4v) is 3.76. The van der Waals surface area contributed by atoms with E-state index in [1.54, 1.807) is 23.5 Å². The van der Waals surface area contributed by atoms with Crippen molar-refractivity contribution in [1.82, 2.24) is 14.9 Å². The molecule has 2 aromatic carbocycles. The number of methoxy groups -OCH3 is 1. The number of nitrogens with zero attached hydrogens (tertiary/aromatic N) is 4. The molecule has 0 radical (unpaired) electrons. The van der Waals surface area contributed by atoms with Crippen LogP contribution in [-0.2, 0) is 6.61 Å². The van der Waals surface area contributed by atoms with Crippen molar-refractivity contribution in [3.8, 4) is 11.5 Å². The Bertz CT molecular complexity index is 1130. The van der Waals surface area contributed by atoms with Crippen molar-refractivity contribution in [3.63, 3.8) is 0 Å². The summed E-state index contributed by atoms with van der Waals surface area (Å²) in [4.78, 5) is 0. The summed E-state index contributed by atoms with van der Waals surface area (Å²) in [5.74, 6) is 3.57. The maximum absolute atomic E-state index is 5.95. The second-order valence-corrected chi connectivity index (χ2v) is 7.10. The zero-order valence-electron chi connectivity index (χ0n) is 15.0. The maximum atomic E-state index is 5.95. The van der Waals surface area contributed by atoms with Crippen molar-refractivity contribution >= 4 is 28.4 Å². The number of fused-ring (bicyclic) bond motifs is 2. The van der Waals surface area contributed by atoms with Gasteiger partial charge in [-0.3, -0.25) is 0 Å². The molecule has 1 aliphatic rings. The van der Waals surface area contributed by atoms with Gasteiger partial charge in [0.1, 0.15) is 29.4 Å². The van der Waals surface area contributed by atoms with E-state index in [0.717, 1.165) is 39.1 Å². The van der Waals surface area contributed by atoms with Crippen LogP contribution in [0.25, 0.3) is 11.0 Å². The van der Waals surface area contributed by atoms with Gasteiger partial charge in [0.25, 0.3) is 0 Å². The van der Waals surface area contributed by atoms with Gasteiger partial charge in [-0.2, -0.15) is 9.78 Å². The third-order valence-electron chi connectivity index (χ3n) is 4.37. The van der Waals surface area contributed by atoms with Crippen LogP contribution in [0, 0.1) is 0 Å². The molecule has 0 saturated heterocycles. The lowest BCUT2D eigenvalue weighted by molar-refractivity contribution is 0.289. The predicted octanol–water partition coefficient (Wildman–Crippen LogP) is 3.97. The monoisotopic (exact) mass is 392 g/mol. The Balaban J connectivity index is 1.39. The highest BCUT2D eigenvalue weighted by Crippen LogP contribution is 2.27. The Kier molecular flexibility index (Phi) is 4.25. The summed E-state index contributed by atoms with van der Waals surface area (Å²) in [6.45, 7) is 0.261. The summed E-state index contributed by atoms with van der Waals surface area (Å²) >= 11 is 1.58. The average Bonchev–Trinajstić information content (AvgIpc) is 3.36. The second kappa shape index (κ2) is 7.05. The number of furan rings is 1. The third-order valence-corrected chi connectivity index (χ3v) is 5.30. The van der Waals surface area contributed by atoms with Gasteiger partial charge in [0, 0.05) is 11.1 Å². The Morgan fingerprint density at radius 2 is 1.89 bits per heavy atom. The largest absolute Gasteiger partial charge is 0.497 e. The first-order valence-corrected chi connectivity index (χ1v) is 9.69. The third kappa shape index (κ3) is 3.11. The maximum Gasteiger partial charge on any atom is 0.212 e. The fourth-order valence-electron chi connectivity index (χ4n) is 2.92. The number of hydrogen-bond acceptors (Lipinski definition) is 7. The van der Waals surface area contributed by atoms with Crippen LogP contribution in [0.3, 0.4) is 0 Å². The van der Waals surface area contributed by atoms with Crippen LogP contribution in [0.4, 0.5) is 0 Å². The van der Waals surface area contributed by atoms with Gasteiger partial charge in [-0.05, 0) is 36.4 Å². The minimum absolute atomic E-state index is 0.261. The number of ether oxygens (including phenoxy) is 2. The van der Waals surface area contributed by atoms with E-state index >= 15 is 0 Å². The first-order chi connectivity index (χ1) is 13.8. The van der Waals surface area contributed by atoms with Gasteiger partial charge >= 0.3 is 0 Å². The molecule has 4 aromatic rings. The van der Waals surface area contributed by atoms with E-state index in [9.17, 15) is 0 Å². The molecule has 0 amide bonds. The summed E-state index contributed by atoms with van der Waals surface area (Å²) in [5.41, 5.74) is 1.70. The summed E-state index contributed by atoms with van der Waals surface area (Å²) in [7, 11) is 1.63. The number of para-hydroxylation sites is 1. The molecule has 8 heteroatoms. The van der Waals surface area contributed by atoms with Gasteiger partial charge in [0.05, 0.1) is 7.11 Å². The number of hydrogen-bond donors (Lipinski definition) is 0. The predicted molar refractivity (Wildman–Crippen MR) is 106 cm³/mol. The van der Waals surface area contributed by atoms with E-state index < -0.39 is 0 Å². The Labute approximate surface area is 165 Å². The molecule has 2 aromatic heterocycles. The fraction of sp³-hybridized carbons (Fsp3) is 0.150. The molecule has 0 spiro atoms. The SMILES string of the molecule is COc1ccc(OCc2nnc3n2N=C(c2cc4ccccc4o2)CS3)cc1. The van der Waals surface area contributed by atoms with Crippen molar-refractivity contribution in [2.45, 2.75) is 11.8 Å². The summed E-state index contributed by atoms with van der Waals surface area (Å²) in [5, 5.41) is 14.9. The molecule has 0 atom stereocenters. The van der Waals surface area contributed by atoms with Gasteiger partial charge in [-0.1, -0.05) is 30.0 Å². The molecular weight excluding hydrogens is 376 g/mol. The smallest absolute Gasteiger partial charge is 0.212 e. The van der Waals surface area contributed by atoms with E-state index in [-0.39, 0.29) is 6.61 Å². The highest BCUT2D eigenvalue weighted by Gasteiger charge is 2.22. The van der Waals surface area contributed by atoms with Crippen LogP contribution in [0.5, 0.6) is 11.5 Å². The van der Waals surface area contributed by atoms with E-state index in [1.165, 1.54) is 0 Å². The molecule has 0 unspecified atom stereocenters. The standard InChI is InChI=1S/C20H16N4O3S/c1-25-14-6-8-15(9-7-14)26-11-19-21-22-20-24(19)23-16(12-28-20)18-10-13-4-2-3-5-17(13)27-18/h2-10H,11-12H2,1H3. The van der Waals surface area contributed by atoms with Crippen LogP contribution >= 0.6 is 11.8 Å². The van der Waals surface area contributed by atoms with Crippen LogP contribution in [0.1, 0.15) is 11.6 Å². The molecule has 0 aliphatic carbocycles. The normalized spacial score (nSPS) is 13.2. The molecule has 28 heavy (non-hydrogen) atoms. The van der Waals surface area contributed by atoms with Crippen LogP contribution in [0.15, 0.2) is 69.3 Å². The van der Waals surface area contributed by atoms with Gasteiger partial charge in [-0.25, -0.2) is 0 Å². The molecule has 5 rings (SSSR count). The quantitative estimate of drug-likeness (QED) is 0.512. The topological polar surface area (TPSA) is 74.7 Å². The molecule has 3 heterocycles. The van der Waals surface area contributed by atoms with E-state index in [4.69, 9.17) is 19.0 Å². The van der Waals surface area contributed by atoms with Crippen molar-refractivity contribution in [2.24, 2.45) is 5.10 Å². The second-order valence-electron chi connectivity index (χ2n) is 6.16. The first-order valence-electron chi connectivity index (χ1n) is 8.71. The van der Waals surface area contributed by atoms with Crippen LogP contribution in [-0.4, -0.2) is 33.4 Å². The summed E-state index contributed by atoms with van der Waals surface area (Å²) in [6.07, 6.45) is 0. The lowest BCUT2D eigenvalue weighted by atomic mass is 10.2. The first kappa shape index (κ1) is 16.9. The molecule has 7 nitrogen and oxygen atoms in total. The van der Waals surface area contributed by atoms with Gasteiger partial charge < -0.3 is 13.9 Å². The van der Waals surface area contributed by atoms with Gasteiger partial charge in [0.15, 0.2) is 11.6 Å². The minimum Gasteiger partial charge on any atom is -0.497 e. The van der Waals surface area contributed by atoms with Gasteiger partial charge in [-0.15, -0.1) is 10.2 Å². The zero-order valence-corrected chi connectivity index (χ0v) is 15.8. The highest BCUT2D eigenvalue weighted by atomic mass is 32.2. The number of thioether (sulfide) groups is 1. The minimum atomic E-state index is 0.261. The van der Waals surface area contributed by atoms with E-state index in [0.29, 0.717) is 11.6 Å². The Hall–Kier alpha value is -3.26. The molecule has 0 bridgehead atoms. The highest BCUT2D eigenvalue weighted by molar-refractivity contribution is 7.99. The Morgan fingerprint density at radius 1 is 1.07 bits per heavy atom. The summed E-state index contributed by atoms with van der Waals surface area (Å²) < 4.78 is 18.7. The van der Waals surface area contributed by atoms with Crippen LogP contribution < -0.4 is 9.47 Å². The number of aromatic nitrogens is 3. The van der Waals surface area contributed by atoms with Crippen molar-refractivity contribution in [1.29, 1.82) is 0 Å². The van der Waals surface area contributed by atoms with Crippen molar-refractivity contribution in [3.05, 3.63) is 66.2 Å². The van der Waals surface area contributed by atoms with E-state index in [2.05, 4.69) is 10.2 Å². The molecule has 0 saturated carbocycles. The van der Waals surface area contributed by atoms with Crippen molar-refractivity contribution < 1.29 is 13.9 Å². The average molecular weight is 392 g/mol. The molecule has 0 N–H and O–H groups in total. The molecular formula is C20H16N4O3S. The van der Waals surface area contributed by atoms with Gasteiger partial charge in [0.2, 0.25) is 5.16 Å². The zero-order chi connectivity index (χ0) is 18.9. The van der Waals surface area contributed by atoms with Crippen molar-refractivity contribution in [2.75, 3.05) is 12.9 Å².